The van der Waals surface area contributed by atoms with Gasteiger partial charge in [0.25, 0.3) is 0 Å². The second-order valence-corrected chi connectivity index (χ2v) is 7.34. The number of ether oxygens (including phenoxy) is 1. The third-order valence-electron chi connectivity index (χ3n) is 5.69. The highest BCUT2D eigenvalue weighted by molar-refractivity contribution is 6.14. The van der Waals surface area contributed by atoms with Crippen molar-refractivity contribution in [2.45, 2.75) is 56.7 Å². The fourth-order valence-electron chi connectivity index (χ4n) is 4.50. The van der Waals surface area contributed by atoms with E-state index in [1.54, 1.807) is 16.4 Å². The van der Waals surface area contributed by atoms with Crippen molar-refractivity contribution in [3.05, 3.63) is 0 Å². The Morgan fingerprint density at radius 1 is 1.36 bits per heavy atom. The summed E-state index contributed by atoms with van der Waals surface area (Å²) in [5.74, 6) is 1.36. The Kier molecular flexibility index (Phi) is 4.91. The van der Waals surface area contributed by atoms with Crippen LogP contribution < -0.4 is 0 Å². The monoisotopic (exact) mass is 325 g/mol. The molecule has 5 atom stereocenters. The first-order valence-corrected chi connectivity index (χ1v) is 8.60. The summed E-state index contributed by atoms with van der Waals surface area (Å²) < 4.78 is 7.15. The van der Waals surface area contributed by atoms with E-state index in [1.807, 2.05) is 0 Å². The van der Waals surface area contributed by atoms with Crippen LogP contribution in [-0.4, -0.2) is 53.6 Å². The van der Waals surface area contributed by atoms with Gasteiger partial charge in [0.15, 0.2) is 0 Å². The van der Waals surface area contributed by atoms with Gasteiger partial charge in [-0.2, -0.15) is 5.26 Å². The van der Waals surface area contributed by atoms with Gasteiger partial charge in [-0.1, -0.05) is 0 Å². The van der Waals surface area contributed by atoms with Crippen LogP contribution in [0.2, 0.25) is 0 Å². The van der Waals surface area contributed by atoms with Gasteiger partial charge in [0.1, 0.15) is 6.04 Å². The molecule has 0 unspecified atom stereocenters. The van der Waals surface area contributed by atoms with Crippen molar-refractivity contribution >= 4 is 17.7 Å². The second kappa shape index (κ2) is 6.74. The van der Waals surface area contributed by atoms with Crippen LogP contribution in [0.1, 0.15) is 38.5 Å². The lowest BCUT2D eigenvalue weighted by Crippen LogP contribution is -2.42. The molecule has 3 rings (SSSR count). The smallest absolute Gasteiger partial charge is 0.239 e. The Morgan fingerprint density at radius 2 is 2.05 bits per heavy atom. The fraction of sp³-hybridized carbons (Fsp3) is 0.875. The molecule has 1 amide bonds. The van der Waals surface area contributed by atoms with Crippen molar-refractivity contribution in [2.24, 2.45) is 11.8 Å². The van der Waals surface area contributed by atoms with Gasteiger partial charge in [-0.05, 0) is 62.1 Å². The first-order chi connectivity index (χ1) is 10.6. The van der Waals surface area contributed by atoms with Crippen LogP contribution in [0.5, 0.6) is 0 Å². The molecule has 0 aromatic carbocycles. The van der Waals surface area contributed by atoms with Gasteiger partial charge < -0.3 is 9.64 Å². The zero-order valence-electron chi connectivity index (χ0n) is 13.1. The summed E-state index contributed by atoms with van der Waals surface area (Å²) in [5.41, 5.74) is 0. The Bertz CT molecular complexity index is 453. The molecule has 0 aromatic heterocycles. The molecule has 5 nitrogen and oxygen atoms in total. The number of rotatable bonds is 4. The summed E-state index contributed by atoms with van der Waals surface area (Å²) >= 11 is 6.40. The molecular weight excluding hydrogens is 302 g/mol. The number of nitriles is 1. The van der Waals surface area contributed by atoms with Gasteiger partial charge in [-0.3, -0.25) is 4.79 Å². The molecule has 3 aliphatic rings. The summed E-state index contributed by atoms with van der Waals surface area (Å²) in [6, 6.07) is 2.23. The molecule has 0 bridgehead atoms. The number of hydrogen-bond acceptors (Lipinski definition) is 4. The minimum atomic E-state index is -0.261. The number of amides is 1. The van der Waals surface area contributed by atoms with Crippen molar-refractivity contribution in [2.75, 3.05) is 20.2 Å². The number of methoxy groups -OCH3 is 1. The van der Waals surface area contributed by atoms with E-state index in [1.165, 1.54) is 0 Å². The Labute approximate surface area is 137 Å². The molecular formula is C16H24ClN3O2. The van der Waals surface area contributed by atoms with E-state index >= 15 is 0 Å². The molecule has 0 spiro atoms. The zero-order valence-corrected chi connectivity index (χ0v) is 13.8. The number of fused-ring (bicyclic) bond motifs is 1. The number of likely N-dealkylation sites (tertiary alicyclic amines) is 1. The van der Waals surface area contributed by atoms with Crippen LogP contribution in [0, 0.1) is 23.2 Å². The maximum atomic E-state index is 12.4. The molecule has 0 aromatic rings. The molecule has 2 aliphatic carbocycles. The normalized spacial score (nSPS) is 37.5. The lowest BCUT2D eigenvalue weighted by Gasteiger charge is -2.26. The highest BCUT2D eigenvalue weighted by Crippen LogP contribution is 2.46. The second-order valence-electron chi connectivity index (χ2n) is 6.91. The zero-order chi connectivity index (χ0) is 15.7. The van der Waals surface area contributed by atoms with E-state index in [2.05, 4.69) is 6.07 Å². The van der Waals surface area contributed by atoms with E-state index in [0.29, 0.717) is 24.5 Å². The molecule has 0 radical (unpaired) electrons. The van der Waals surface area contributed by atoms with Crippen molar-refractivity contribution < 1.29 is 9.53 Å². The molecule has 1 heterocycles. The minimum Gasteiger partial charge on any atom is -0.381 e. The number of halogens is 1. The maximum absolute atomic E-state index is 12.4. The van der Waals surface area contributed by atoms with E-state index in [4.69, 9.17) is 21.8 Å². The average molecular weight is 326 g/mol. The standard InChI is InChI=1S/C16H24ClN3O2/c1-22-15-7-11-5-14(6-12(11)8-15)20(17)10-16(21)19-4-2-3-13(19)9-18/h11-15H,2-8,10H2,1H3/t11-,12+,13-,14+,15-/m0/s1. The third kappa shape index (κ3) is 3.10. The Balaban J connectivity index is 1.50. The quantitative estimate of drug-likeness (QED) is 0.743. The topological polar surface area (TPSA) is 56.6 Å². The summed E-state index contributed by atoms with van der Waals surface area (Å²) in [7, 11) is 1.79. The first kappa shape index (κ1) is 16.0. The lowest BCUT2D eigenvalue weighted by atomic mass is 10.0. The molecule has 122 valence electrons. The predicted molar refractivity (Wildman–Crippen MR) is 82.9 cm³/mol. The van der Waals surface area contributed by atoms with Crippen LogP contribution in [-0.2, 0) is 9.53 Å². The van der Waals surface area contributed by atoms with Crippen LogP contribution >= 0.6 is 11.8 Å². The predicted octanol–water partition coefficient (Wildman–Crippen LogP) is 2.16. The number of carbonyl (C=O) groups is 1. The van der Waals surface area contributed by atoms with E-state index < -0.39 is 0 Å². The summed E-state index contributed by atoms with van der Waals surface area (Å²) in [4.78, 5) is 14.0. The van der Waals surface area contributed by atoms with Gasteiger partial charge >= 0.3 is 0 Å². The van der Waals surface area contributed by atoms with Crippen molar-refractivity contribution in [1.29, 1.82) is 5.26 Å². The maximum Gasteiger partial charge on any atom is 0.239 e. The molecule has 1 saturated heterocycles. The van der Waals surface area contributed by atoms with Gasteiger partial charge in [0, 0.05) is 19.7 Å². The summed E-state index contributed by atoms with van der Waals surface area (Å²) in [6.45, 7) is 0.908. The summed E-state index contributed by atoms with van der Waals surface area (Å²) in [6.07, 6.45) is 6.47. The number of hydrogen-bond donors (Lipinski definition) is 0. The number of carbonyl (C=O) groups excluding carboxylic acids is 1. The largest absolute Gasteiger partial charge is 0.381 e. The van der Waals surface area contributed by atoms with E-state index in [9.17, 15) is 4.79 Å². The van der Waals surface area contributed by atoms with Gasteiger partial charge in [0.05, 0.1) is 18.7 Å². The van der Waals surface area contributed by atoms with Gasteiger partial charge in [-0.25, -0.2) is 4.42 Å². The van der Waals surface area contributed by atoms with Crippen LogP contribution in [0.3, 0.4) is 0 Å². The average Bonchev–Trinajstić information content (AvgIpc) is 3.19. The Hall–Kier alpha value is -0.830. The molecule has 2 saturated carbocycles. The summed E-state index contributed by atoms with van der Waals surface area (Å²) in [5, 5.41) is 9.09. The van der Waals surface area contributed by atoms with Crippen LogP contribution in [0.15, 0.2) is 0 Å². The SMILES string of the molecule is CO[C@H]1C[C@@H]2C[C@@H](N(Cl)CC(=O)N3CCC[C@H]3C#N)C[C@@H]2C1. The van der Waals surface area contributed by atoms with Crippen molar-refractivity contribution in [1.82, 2.24) is 9.32 Å². The molecule has 0 N–H and O–H groups in total. The van der Waals surface area contributed by atoms with Gasteiger partial charge in [0.2, 0.25) is 5.91 Å². The van der Waals surface area contributed by atoms with Crippen LogP contribution in [0.25, 0.3) is 0 Å². The third-order valence-corrected chi connectivity index (χ3v) is 6.08. The fourth-order valence-corrected chi connectivity index (χ4v) is 4.76. The first-order valence-electron chi connectivity index (χ1n) is 8.26. The number of nitrogens with zero attached hydrogens (tertiary/aromatic N) is 3. The van der Waals surface area contributed by atoms with Crippen molar-refractivity contribution in [3.63, 3.8) is 0 Å². The molecule has 6 heteroatoms. The van der Waals surface area contributed by atoms with E-state index in [0.717, 1.165) is 38.5 Å². The van der Waals surface area contributed by atoms with Crippen LogP contribution in [0.4, 0.5) is 0 Å². The lowest BCUT2D eigenvalue weighted by molar-refractivity contribution is -0.131. The van der Waals surface area contributed by atoms with E-state index in [-0.39, 0.29) is 24.5 Å². The highest BCUT2D eigenvalue weighted by atomic mass is 35.5. The highest BCUT2D eigenvalue weighted by Gasteiger charge is 2.44. The molecule has 1 aliphatic heterocycles. The van der Waals surface area contributed by atoms with Gasteiger partial charge in [-0.15, -0.1) is 0 Å². The minimum absolute atomic E-state index is 0.00845. The Morgan fingerprint density at radius 3 is 2.64 bits per heavy atom. The van der Waals surface area contributed by atoms with Crippen molar-refractivity contribution in [3.8, 4) is 6.07 Å². The molecule has 3 fully saturated rings. The molecule has 22 heavy (non-hydrogen) atoms.